The highest BCUT2D eigenvalue weighted by Crippen LogP contribution is 2.04. The summed E-state index contributed by atoms with van der Waals surface area (Å²) in [6.07, 6.45) is 0.199. The minimum absolute atomic E-state index is 0.164. The summed E-state index contributed by atoms with van der Waals surface area (Å²) in [5.74, 6) is 4.66. The van der Waals surface area contributed by atoms with Crippen molar-refractivity contribution in [3.05, 3.63) is 0 Å². The SMILES string of the molecule is NNOC(=O)CCN1CCS(=O)(=O)CC1. The molecule has 1 aliphatic rings. The van der Waals surface area contributed by atoms with E-state index in [-0.39, 0.29) is 17.9 Å². The largest absolute Gasteiger partial charge is 0.356 e. The van der Waals surface area contributed by atoms with E-state index >= 15 is 0 Å². The van der Waals surface area contributed by atoms with Crippen molar-refractivity contribution < 1.29 is 18.0 Å². The van der Waals surface area contributed by atoms with Crippen molar-refractivity contribution in [2.45, 2.75) is 6.42 Å². The molecule has 0 saturated carbocycles. The Hall–Kier alpha value is -0.700. The van der Waals surface area contributed by atoms with Crippen LogP contribution in [0.2, 0.25) is 0 Å². The van der Waals surface area contributed by atoms with Crippen LogP contribution in [0.3, 0.4) is 0 Å². The van der Waals surface area contributed by atoms with Gasteiger partial charge >= 0.3 is 5.97 Å². The molecule has 0 radical (unpaired) electrons. The minimum atomic E-state index is -2.85. The molecular formula is C7H15N3O4S. The van der Waals surface area contributed by atoms with Crippen LogP contribution in [-0.4, -0.2) is 50.4 Å². The summed E-state index contributed by atoms with van der Waals surface area (Å²) in [5.41, 5.74) is 1.80. The molecule has 0 aromatic rings. The first-order valence-corrected chi connectivity index (χ1v) is 6.44. The monoisotopic (exact) mass is 237 g/mol. The summed E-state index contributed by atoms with van der Waals surface area (Å²) in [6, 6.07) is 0. The fourth-order valence-electron chi connectivity index (χ4n) is 1.34. The molecule has 0 aromatic carbocycles. The predicted molar refractivity (Wildman–Crippen MR) is 53.1 cm³/mol. The molecule has 7 nitrogen and oxygen atoms in total. The molecule has 15 heavy (non-hydrogen) atoms. The molecule has 1 rings (SSSR count). The van der Waals surface area contributed by atoms with E-state index in [2.05, 4.69) is 4.84 Å². The maximum atomic E-state index is 11.1. The summed E-state index contributed by atoms with van der Waals surface area (Å²) < 4.78 is 22.2. The van der Waals surface area contributed by atoms with Crippen LogP contribution >= 0.6 is 0 Å². The van der Waals surface area contributed by atoms with Gasteiger partial charge < -0.3 is 9.74 Å². The number of hydrogen-bond donors (Lipinski definition) is 2. The smallest absolute Gasteiger partial charge is 0.327 e. The zero-order valence-corrected chi connectivity index (χ0v) is 9.12. The topological polar surface area (TPSA) is 102 Å². The molecule has 1 heterocycles. The van der Waals surface area contributed by atoms with E-state index < -0.39 is 15.8 Å². The summed E-state index contributed by atoms with van der Waals surface area (Å²) in [5, 5.41) is 0. The van der Waals surface area contributed by atoms with Crippen LogP contribution in [0.15, 0.2) is 0 Å². The Bertz CT molecular complexity index is 302. The van der Waals surface area contributed by atoms with Gasteiger partial charge in [0.1, 0.15) is 0 Å². The molecule has 0 aliphatic carbocycles. The lowest BCUT2D eigenvalue weighted by Crippen LogP contribution is -2.41. The third kappa shape index (κ3) is 4.56. The lowest BCUT2D eigenvalue weighted by atomic mass is 10.4. The summed E-state index contributed by atoms with van der Waals surface area (Å²) in [4.78, 5) is 17.1. The van der Waals surface area contributed by atoms with Crippen molar-refractivity contribution in [2.24, 2.45) is 5.84 Å². The predicted octanol–water partition coefficient (Wildman–Crippen LogP) is -1.97. The summed E-state index contributed by atoms with van der Waals surface area (Å²) in [7, 11) is -2.85. The van der Waals surface area contributed by atoms with Crippen molar-refractivity contribution in [3.63, 3.8) is 0 Å². The highest BCUT2D eigenvalue weighted by atomic mass is 32.2. The fourth-order valence-corrected chi connectivity index (χ4v) is 2.62. The maximum absolute atomic E-state index is 11.1. The number of nitrogens with two attached hydrogens (primary N) is 1. The van der Waals surface area contributed by atoms with Gasteiger partial charge in [-0.2, -0.15) is 0 Å². The van der Waals surface area contributed by atoms with Crippen molar-refractivity contribution in [2.75, 3.05) is 31.1 Å². The Morgan fingerprint density at radius 1 is 1.40 bits per heavy atom. The van der Waals surface area contributed by atoms with E-state index in [0.29, 0.717) is 19.6 Å². The second kappa shape index (κ2) is 5.40. The van der Waals surface area contributed by atoms with Crippen LogP contribution in [0, 0.1) is 0 Å². The van der Waals surface area contributed by atoms with E-state index in [1.54, 1.807) is 5.59 Å². The normalized spacial score (nSPS) is 21.1. The zero-order chi connectivity index (χ0) is 11.3. The van der Waals surface area contributed by atoms with Crippen LogP contribution in [0.25, 0.3) is 0 Å². The third-order valence-electron chi connectivity index (χ3n) is 2.24. The quantitative estimate of drug-likeness (QED) is 0.432. The molecule has 1 fully saturated rings. The number of sulfone groups is 1. The van der Waals surface area contributed by atoms with E-state index in [0.717, 1.165) is 0 Å². The maximum Gasteiger partial charge on any atom is 0.327 e. The molecule has 3 N–H and O–H groups in total. The van der Waals surface area contributed by atoms with Crippen LogP contribution in [0.1, 0.15) is 6.42 Å². The number of nitrogens with one attached hydrogen (secondary N) is 1. The number of carbonyl (C=O) groups is 1. The molecule has 0 amide bonds. The minimum Gasteiger partial charge on any atom is -0.356 e. The van der Waals surface area contributed by atoms with Gasteiger partial charge in [0.25, 0.3) is 0 Å². The van der Waals surface area contributed by atoms with E-state index in [9.17, 15) is 13.2 Å². The van der Waals surface area contributed by atoms with Gasteiger partial charge in [0.2, 0.25) is 0 Å². The highest BCUT2D eigenvalue weighted by molar-refractivity contribution is 7.91. The first kappa shape index (κ1) is 12.4. The molecular weight excluding hydrogens is 222 g/mol. The number of hydrogen-bond acceptors (Lipinski definition) is 7. The first-order chi connectivity index (χ1) is 7.03. The molecule has 88 valence electrons. The highest BCUT2D eigenvalue weighted by Gasteiger charge is 2.21. The molecule has 8 heteroatoms. The van der Waals surface area contributed by atoms with Gasteiger partial charge in [-0.3, -0.25) is 4.79 Å². The summed E-state index contributed by atoms with van der Waals surface area (Å²) in [6.45, 7) is 1.45. The molecule has 0 spiro atoms. The van der Waals surface area contributed by atoms with Crippen molar-refractivity contribution in [1.29, 1.82) is 0 Å². The van der Waals surface area contributed by atoms with Crippen LogP contribution in [0.4, 0.5) is 0 Å². The Morgan fingerprint density at radius 3 is 2.53 bits per heavy atom. The Balaban J connectivity index is 2.22. The van der Waals surface area contributed by atoms with Crippen LogP contribution < -0.4 is 11.4 Å². The second-order valence-corrected chi connectivity index (χ2v) is 5.64. The lowest BCUT2D eigenvalue weighted by molar-refractivity contribution is -0.151. The first-order valence-electron chi connectivity index (χ1n) is 4.61. The van der Waals surface area contributed by atoms with E-state index in [1.165, 1.54) is 0 Å². The fraction of sp³-hybridized carbons (Fsp3) is 0.857. The van der Waals surface area contributed by atoms with Gasteiger partial charge in [-0.15, -0.1) is 0 Å². The lowest BCUT2D eigenvalue weighted by Gasteiger charge is -2.25. The molecule has 0 unspecified atom stereocenters. The standard InChI is InChI=1S/C7H15N3O4S/c8-9-14-7(11)1-2-10-3-5-15(12,13)6-4-10/h9H,1-6,8H2. The number of nitrogens with zero attached hydrogens (tertiary/aromatic N) is 1. The van der Waals surface area contributed by atoms with Gasteiger partial charge in [0.15, 0.2) is 9.84 Å². The third-order valence-corrected chi connectivity index (χ3v) is 3.85. The zero-order valence-electron chi connectivity index (χ0n) is 8.31. The summed E-state index contributed by atoms with van der Waals surface area (Å²) >= 11 is 0. The average Bonchev–Trinajstić information content (AvgIpc) is 2.17. The number of rotatable bonds is 4. The number of carbonyl (C=O) groups excluding carboxylic acids is 1. The van der Waals surface area contributed by atoms with Crippen molar-refractivity contribution in [1.82, 2.24) is 10.5 Å². The van der Waals surface area contributed by atoms with Crippen molar-refractivity contribution in [3.8, 4) is 0 Å². The molecule has 1 saturated heterocycles. The number of hydrazine groups is 1. The molecule has 0 atom stereocenters. The second-order valence-electron chi connectivity index (χ2n) is 3.34. The molecule has 0 bridgehead atoms. The van der Waals surface area contributed by atoms with Gasteiger partial charge in [0, 0.05) is 19.6 Å². The van der Waals surface area contributed by atoms with Crippen LogP contribution in [0.5, 0.6) is 0 Å². The van der Waals surface area contributed by atoms with Gasteiger partial charge in [-0.25, -0.2) is 14.3 Å². The average molecular weight is 237 g/mol. The van der Waals surface area contributed by atoms with Gasteiger partial charge in [-0.05, 0) is 0 Å². The van der Waals surface area contributed by atoms with Gasteiger partial charge in [-0.1, -0.05) is 5.59 Å². The Labute approximate surface area is 88.4 Å². The van der Waals surface area contributed by atoms with E-state index in [4.69, 9.17) is 5.84 Å². The Kier molecular flexibility index (Phi) is 4.45. The van der Waals surface area contributed by atoms with Crippen LogP contribution in [-0.2, 0) is 19.5 Å². The van der Waals surface area contributed by atoms with Crippen molar-refractivity contribution >= 4 is 15.8 Å². The Morgan fingerprint density at radius 2 is 2.00 bits per heavy atom. The molecule has 1 aliphatic heterocycles. The molecule has 0 aromatic heterocycles. The van der Waals surface area contributed by atoms with Gasteiger partial charge in [0.05, 0.1) is 17.9 Å². The van der Waals surface area contributed by atoms with E-state index in [1.807, 2.05) is 4.90 Å².